The summed E-state index contributed by atoms with van der Waals surface area (Å²) < 4.78 is 4.42. The fraction of sp³-hybridized carbons (Fsp3) is 0.368. The lowest BCUT2D eigenvalue weighted by atomic mass is 9.91. The number of nitrogens with zero attached hydrogens (tertiary/aromatic N) is 5. The molecule has 6 N–H and O–H groups in total. The fourth-order valence-electron chi connectivity index (χ4n) is 3.59. The minimum atomic E-state index is -0.670. The second-order valence-electron chi connectivity index (χ2n) is 7.24. The zero-order valence-corrected chi connectivity index (χ0v) is 17.3. The topological polar surface area (TPSA) is 158 Å². The van der Waals surface area contributed by atoms with Gasteiger partial charge in [0.05, 0.1) is 11.9 Å². The summed E-state index contributed by atoms with van der Waals surface area (Å²) in [7, 11) is 0. The van der Waals surface area contributed by atoms with Crippen molar-refractivity contribution in [3.8, 4) is 11.1 Å². The van der Waals surface area contributed by atoms with Gasteiger partial charge in [0.2, 0.25) is 0 Å². The Balaban J connectivity index is 1.66. The summed E-state index contributed by atoms with van der Waals surface area (Å²) in [5, 5.41) is 7.24. The van der Waals surface area contributed by atoms with E-state index in [9.17, 15) is 4.79 Å². The zero-order valence-electron chi connectivity index (χ0n) is 16.5. The molecule has 0 unspecified atom stereocenters. The Morgan fingerprint density at radius 3 is 2.70 bits per heavy atom. The smallest absolute Gasteiger partial charge is 0.271 e. The summed E-state index contributed by atoms with van der Waals surface area (Å²) in [6.07, 6.45) is 10.6. The van der Waals surface area contributed by atoms with Gasteiger partial charge in [-0.3, -0.25) is 4.79 Å². The van der Waals surface area contributed by atoms with Gasteiger partial charge in [-0.15, -0.1) is 0 Å². The number of aryl methyl sites for hydroxylation is 1. The lowest BCUT2D eigenvalue weighted by molar-refractivity contribution is 0.0996. The number of nitrogens with one attached hydrogen (secondary N) is 2. The molecule has 1 aliphatic carbocycles. The summed E-state index contributed by atoms with van der Waals surface area (Å²) in [6.45, 7) is 1.90. The quantitative estimate of drug-likeness (QED) is 0.464. The predicted octanol–water partition coefficient (Wildman–Crippen LogP) is 2.22. The third-order valence-corrected chi connectivity index (χ3v) is 5.96. The molecule has 3 heterocycles. The Morgan fingerprint density at radius 2 is 1.97 bits per heavy atom. The van der Waals surface area contributed by atoms with Crippen molar-refractivity contribution in [3.05, 3.63) is 36.3 Å². The summed E-state index contributed by atoms with van der Waals surface area (Å²) in [6, 6.07) is 0.171. The highest BCUT2D eigenvalue weighted by Crippen LogP contribution is 2.36. The SMILES string of the molecule is Cc1nsc(Nc2nc(N[C@@H]3CCCC[C@@H]3N)cnc2C(N)=O)c1-c1cncnc1. The van der Waals surface area contributed by atoms with Gasteiger partial charge >= 0.3 is 0 Å². The van der Waals surface area contributed by atoms with Gasteiger partial charge < -0.3 is 22.1 Å². The first kappa shape index (κ1) is 20.1. The van der Waals surface area contributed by atoms with E-state index in [1.165, 1.54) is 24.1 Å². The van der Waals surface area contributed by atoms with Crippen molar-refractivity contribution >= 4 is 34.1 Å². The molecule has 1 aliphatic rings. The third kappa shape index (κ3) is 4.21. The Kier molecular flexibility index (Phi) is 5.81. The molecular formula is C19H23N9OS. The van der Waals surface area contributed by atoms with Crippen LogP contribution >= 0.6 is 11.5 Å². The molecule has 0 aromatic carbocycles. The highest BCUT2D eigenvalue weighted by atomic mass is 32.1. The number of hydrogen-bond donors (Lipinski definition) is 4. The first-order chi connectivity index (χ1) is 14.5. The van der Waals surface area contributed by atoms with Crippen LogP contribution in [0.1, 0.15) is 41.9 Å². The van der Waals surface area contributed by atoms with Crippen LogP contribution in [-0.2, 0) is 0 Å². The monoisotopic (exact) mass is 425 g/mol. The number of nitrogens with two attached hydrogens (primary N) is 2. The predicted molar refractivity (Wildman–Crippen MR) is 116 cm³/mol. The van der Waals surface area contributed by atoms with Crippen molar-refractivity contribution in [2.24, 2.45) is 11.5 Å². The van der Waals surface area contributed by atoms with E-state index in [2.05, 4.69) is 34.9 Å². The summed E-state index contributed by atoms with van der Waals surface area (Å²) in [5.41, 5.74) is 14.3. The molecule has 3 aromatic heterocycles. The van der Waals surface area contributed by atoms with Gasteiger partial charge in [0.15, 0.2) is 11.5 Å². The van der Waals surface area contributed by atoms with E-state index in [1.54, 1.807) is 12.4 Å². The zero-order chi connectivity index (χ0) is 21.1. The molecule has 1 amide bonds. The molecule has 0 saturated heterocycles. The van der Waals surface area contributed by atoms with Gasteiger partial charge in [-0.05, 0) is 31.3 Å². The van der Waals surface area contributed by atoms with Crippen LogP contribution in [0.5, 0.6) is 0 Å². The van der Waals surface area contributed by atoms with E-state index < -0.39 is 5.91 Å². The number of primary amides is 1. The van der Waals surface area contributed by atoms with Gasteiger partial charge in [0.1, 0.15) is 17.1 Å². The first-order valence-corrected chi connectivity index (χ1v) is 10.5. The standard InChI is InChI=1S/C19H23N9OS/c1-10-15(11-6-22-9-23-7-11)19(30-28-10)27-18-16(17(21)29)24-8-14(26-18)25-13-5-3-2-4-12(13)20/h6-9,12-13H,2-5,20H2,1H3,(H2,21,29)(H2,25,26,27)/t12-,13+/m0/s1. The third-order valence-electron chi connectivity index (χ3n) is 5.10. The number of hydrogen-bond acceptors (Lipinski definition) is 10. The van der Waals surface area contributed by atoms with Crippen molar-refractivity contribution in [1.29, 1.82) is 0 Å². The molecule has 10 nitrogen and oxygen atoms in total. The Labute approximate surface area is 177 Å². The number of aromatic nitrogens is 5. The molecule has 156 valence electrons. The molecule has 30 heavy (non-hydrogen) atoms. The maximum absolute atomic E-state index is 11.9. The molecule has 2 atom stereocenters. The van der Waals surface area contributed by atoms with Crippen molar-refractivity contribution in [1.82, 2.24) is 24.3 Å². The Bertz CT molecular complexity index is 1040. The average molecular weight is 426 g/mol. The highest BCUT2D eigenvalue weighted by molar-refractivity contribution is 7.11. The number of anilines is 3. The number of carbonyl (C=O) groups is 1. The van der Waals surface area contributed by atoms with Crippen LogP contribution < -0.4 is 22.1 Å². The minimum Gasteiger partial charge on any atom is -0.364 e. The minimum absolute atomic E-state index is 0.0507. The molecular weight excluding hydrogens is 402 g/mol. The molecule has 4 rings (SSSR count). The molecule has 0 bridgehead atoms. The van der Waals surface area contributed by atoms with Crippen molar-refractivity contribution < 1.29 is 4.79 Å². The van der Waals surface area contributed by atoms with E-state index >= 15 is 0 Å². The van der Waals surface area contributed by atoms with Crippen molar-refractivity contribution in [2.75, 3.05) is 10.6 Å². The van der Waals surface area contributed by atoms with E-state index in [0.29, 0.717) is 10.8 Å². The fourth-order valence-corrected chi connectivity index (χ4v) is 4.40. The van der Waals surface area contributed by atoms with Crippen LogP contribution in [0.2, 0.25) is 0 Å². The number of amides is 1. The second kappa shape index (κ2) is 8.67. The lowest BCUT2D eigenvalue weighted by Crippen LogP contribution is -2.42. The summed E-state index contributed by atoms with van der Waals surface area (Å²) in [4.78, 5) is 28.9. The largest absolute Gasteiger partial charge is 0.364 e. The Hall–Kier alpha value is -3.18. The van der Waals surface area contributed by atoms with Crippen LogP contribution in [0.25, 0.3) is 11.1 Å². The molecule has 0 radical (unpaired) electrons. The van der Waals surface area contributed by atoms with E-state index in [0.717, 1.165) is 42.5 Å². The van der Waals surface area contributed by atoms with Crippen molar-refractivity contribution in [2.45, 2.75) is 44.7 Å². The lowest BCUT2D eigenvalue weighted by Gasteiger charge is -2.29. The molecule has 0 spiro atoms. The normalized spacial score (nSPS) is 18.7. The maximum atomic E-state index is 11.9. The number of carbonyl (C=O) groups excluding carboxylic acids is 1. The molecule has 0 aliphatic heterocycles. The van der Waals surface area contributed by atoms with Crippen LogP contribution in [0.3, 0.4) is 0 Å². The number of rotatable bonds is 6. The first-order valence-electron chi connectivity index (χ1n) is 9.70. The van der Waals surface area contributed by atoms with E-state index in [4.69, 9.17) is 11.5 Å². The van der Waals surface area contributed by atoms with Crippen LogP contribution in [0.15, 0.2) is 24.9 Å². The van der Waals surface area contributed by atoms with Crippen LogP contribution in [0.4, 0.5) is 16.6 Å². The van der Waals surface area contributed by atoms with Gasteiger partial charge in [-0.25, -0.2) is 19.9 Å². The van der Waals surface area contributed by atoms with Gasteiger partial charge in [-0.1, -0.05) is 12.8 Å². The Morgan fingerprint density at radius 1 is 1.20 bits per heavy atom. The van der Waals surface area contributed by atoms with Gasteiger partial charge in [0.25, 0.3) is 5.91 Å². The average Bonchev–Trinajstić information content (AvgIpc) is 3.10. The van der Waals surface area contributed by atoms with Gasteiger partial charge in [-0.2, -0.15) is 4.37 Å². The molecule has 1 fully saturated rings. The maximum Gasteiger partial charge on any atom is 0.271 e. The van der Waals surface area contributed by atoms with Gasteiger partial charge in [0, 0.05) is 35.6 Å². The van der Waals surface area contributed by atoms with E-state index in [1.807, 2.05) is 6.92 Å². The van der Waals surface area contributed by atoms with Crippen LogP contribution in [-0.4, -0.2) is 42.3 Å². The molecule has 1 saturated carbocycles. The summed E-state index contributed by atoms with van der Waals surface area (Å²) in [5.74, 6) is 0.131. The highest BCUT2D eigenvalue weighted by Gasteiger charge is 2.23. The molecule has 3 aromatic rings. The second-order valence-corrected chi connectivity index (χ2v) is 8.01. The van der Waals surface area contributed by atoms with E-state index in [-0.39, 0.29) is 23.6 Å². The van der Waals surface area contributed by atoms with Crippen LogP contribution in [0, 0.1) is 6.92 Å². The summed E-state index contributed by atoms with van der Waals surface area (Å²) >= 11 is 1.25. The molecule has 11 heteroatoms. The van der Waals surface area contributed by atoms with Crippen molar-refractivity contribution in [3.63, 3.8) is 0 Å².